The number of aliphatic hydroxyl groups excluding tert-OH is 1. The summed E-state index contributed by atoms with van der Waals surface area (Å²) in [4.78, 5) is 28.1. The Morgan fingerprint density at radius 1 is 0.919 bits per heavy atom. The molecule has 0 saturated carbocycles. The van der Waals surface area contributed by atoms with Crippen molar-refractivity contribution in [3.8, 4) is 17.2 Å². The van der Waals surface area contributed by atoms with Crippen molar-refractivity contribution in [1.29, 1.82) is 0 Å². The lowest BCUT2D eigenvalue weighted by Crippen LogP contribution is -2.29. The predicted molar refractivity (Wildman–Crippen MR) is 143 cm³/mol. The SMILES string of the molecule is COc1cccc(C2/C(=C(\O)c3cc(Cl)c(OC)c(Cl)c3)C(=O)C(=O)N2c2ccc(OC(C)C)cc2)c1. The Morgan fingerprint density at radius 2 is 1.57 bits per heavy atom. The zero-order valence-corrected chi connectivity index (χ0v) is 22.1. The Bertz CT molecular complexity index is 1360. The van der Waals surface area contributed by atoms with Gasteiger partial charge in [0.2, 0.25) is 0 Å². The number of halogens is 2. The fourth-order valence-electron chi connectivity index (χ4n) is 4.23. The van der Waals surface area contributed by atoms with Crippen molar-refractivity contribution in [2.45, 2.75) is 26.0 Å². The topological polar surface area (TPSA) is 85.3 Å². The molecule has 1 saturated heterocycles. The van der Waals surface area contributed by atoms with E-state index < -0.39 is 23.5 Å². The summed E-state index contributed by atoms with van der Waals surface area (Å²) in [5.74, 6) is -0.683. The molecule has 1 fully saturated rings. The third-order valence-electron chi connectivity index (χ3n) is 5.82. The van der Waals surface area contributed by atoms with E-state index in [1.807, 2.05) is 13.8 Å². The van der Waals surface area contributed by atoms with E-state index in [9.17, 15) is 14.7 Å². The summed E-state index contributed by atoms with van der Waals surface area (Å²) in [6.45, 7) is 3.82. The van der Waals surface area contributed by atoms with E-state index in [1.54, 1.807) is 48.5 Å². The molecule has 9 heteroatoms. The summed E-state index contributed by atoms with van der Waals surface area (Å²) >= 11 is 12.6. The molecule has 0 aliphatic carbocycles. The van der Waals surface area contributed by atoms with Gasteiger partial charge in [-0.25, -0.2) is 0 Å². The number of ether oxygens (including phenoxy) is 3. The molecule has 7 nitrogen and oxygen atoms in total. The number of ketones is 1. The molecule has 37 heavy (non-hydrogen) atoms. The number of methoxy groups -OCH3 is 2. The molecule has 1 aliphatic rings. The number of hydrogen-bond donors (Lipinski definition) is 1. The fourth-order valence-corrected chi connectivity index (χ4v) is 4.87. The molecular formula is C28H25Cl2NO6. The van der Waals surface area contributed by atoms with Crippen molar-refractivity contribution in [1.82, 2.24) is 0 Å². The highest BCUT2D eigenvalue weighted by molar-refractivity contribution is 6.51. The molecule has 0 bridgehead atoms. The van der Waals surface area contributed by atoms with E-state index in [-0.39, 0.29) is 33.0 Å². The number of rotatable bonds is 7. The molecule has 0 radical (unpaired) electrons. The van der Waals surface area contributed by atoms with E-state index in [2.05, 4.69) is 0 Å². The summed E-state index contributed by atoms with van der Waals surface area (Å²) in [5, 5.41) is 11.6. The van der Waals surface area contributed by atoms with Crippen LogP contribution < -0.4 is 19.1 Å². The van der Waals surface area contributed by atoms with Crippen LogP contribution in [0.25, 0.3) is 5.76 Å². The number of benzene rings is 3. The monoisotopic (exact) mass is 541 g/mol. The van der Waals surface area contributed by atoms with E-state index in [0.717, 1.165) is 0 Å². The largest absolute Gasteiger partial charge is 0.507 e. The van der Waals surface area contributed by atoms with Gasteiger partial charge in [0.15, 0.2) is 5.75 Å². The highest BCUT2D eigenvalue weighted by atomic mass is 35.5. The number of Topliss-reactive ketones (excluding diaryl/α,β-unsaturated/α-hetero) is 1. The number of amides is 1. The van der Waals surface area contributed by atoms with Crippen LogP contribution in [0.2, 0.25) is 10.0 Å². The average molecular weight is 542 g/mol. The van der Waals surface area contributed by atoms with Crippen LogP contribution in [-0.2, 0) is 9.59 Å². The number of carbonyl (C=O) groups is 2. The molecule has 1 atom stereocenters. The van der Waals surface area contributed by atoms with Gasteiger partial charge in [-0.3, -0.25) is 14.5 Å². The van der Waals surface area contributed by atoms with Crippen LogP contribution in [0, 0.1) is 0 Å². The fraction of sp³-hybridized carbons (Fsp3) is 0.214. The number of hydrogen-bond acceptors (Lipinski definition) is 6. The summed E-state index contributed by atoms with van der Waals surface area (Å²) in [6, 6.07) is 15.7. The van der Waals surface area contributed by atoms with Gasteiger partial charge in [0.05, 0.1) is 42.0 Å². The Kier molecular flexibility index (Phi) is 7.66. The minimum atomic E-state index is -0.952. The third kappa shape index (κ3) is 5.10. The van der Waals surface area contributed by atoms with Crippen molar-refractivity contribution < 1.29 is 28.9 Å². The Morgan fingerprint density at radius 3 is 2.14 bits per heavy atom. The maximum Gasteiger partial charge on any atom is 0.300 e. The van der Waals surface area contributed by atoms with Gasteiger partial charge in [0.25, 0.3) is 11.7 Å². The van der Waals surface area contributed by atoms with Gasteiger partial charge in [0, 0.05) is 11.3 Å². The lowest BCUT2D eigenvalue weighted by atomic mass is 9.95. The van der Waals surface area contributed by atoms with Gasteiger partial charge in [-0.1, -0.05) is 35.3 Å². The quantitative estimate of drug-likeness (QED) is 0.211. The maximum absolute atomic E-state index is 13.4. The molecule has 192 valence electrons. The minimum Gasteiger partial charge on any atom is -0.507 e. The second kappa shape index (κ2) is 10.7. The van der Waals surface area contributed by atoms with Gasteiger partial charge < -0.3 is 19.3 Å². The molecule has 1 heterocycles. The second-order valence-corrected chi connectivity index (χ2v) is 9.39. The van der Waals surface area contributed by atoms with Crippen molar-refractivity contribution in [2.75, 3.05) is 19.1 Å². The van der Waals surface area contributed by atoms with Crippen LogP contribution in [-0.4, -0.2) is 37.1 Å². The van der Waals surface area contributed by atoms with E-state index in [0.29, 0.717) is 22.7 Å². The van der Waals surface area contributed by atoms with Crippen LogP contribution in [0.4, 0.5) is 5.69 Å². The second-order valence-electron chi connectivity index (χ2n) is 8.58. The zero-order valence-electron chi connectivity index (χ0n) is 20.6. The van der Waals surface area contributed by atoms with Gasteiger partial charge in [0.1, 0.15) is 17.3 Å². The predicted octanol–water partition coefficient (Wildman–Crippen LogP) is 6.42. The normalized spacial score (nSPS) is 16.8. The molecule has 1 N–H and O–H groups in total. The smallest absolute Gasteiger partial charge is 0.300 e. The maximum atomic E-state index is 13.4. The first kappa shape index (κ1) is 26.4. The first-order chi connectivity index (χ1) is 17.7. The highest BCUT2D eigenvalue weighted by Gasteiger charge is 2.47. The third-order valence-corrected chi connectivity index (χ3v) is 6.38. The summed E-state index contributed by atoms with van der Waals surface area (Å²) < 4.78 is 16.3. The molecule has 1 aliphatic heterocycles. The average Bonchev–Trinajstić information content (AvgIpc) is 3.14. The van der Waals surface area contributed by atoms with Crippen molar-refractivity contribution >= 4 is 46.3 Å². The number of aliphatic hydroxyl groups is 1. The summed E-state index contributed by atoms with van der Waals surface area (Å²) in [5.41, 5.74) is 1.07. The number of nitrogens with zero attached hydrogens (tertiary/aromatic N) is 1. The van der Waals surface area contributed by atoms with Gasteiger partial charge in [-0.15, -0.1) is 0 Å². The highest BCUT2D eigenvalue weighted by Crippen LogP contribution is 2.44. The van der Waals surface area contributed by atoms with Crippen LogP contribution in [0.5, 0.6) is 17.2 Å². The molecule has 0 aromatic heterocycles. The molecule has 0 spiro atoms. The van der Waals surface area contributed by atoms with Crippen molar-refractivity contribution in [3.05, 3.63) is 87.4 Å². The van der Waals surface area contributed by atoms with Crippen molar-refractivity contribution in [2.24, 2.45) is 0 Å². The Balaban J connectivity index is 1.91. The van der Waals surface area contributed by atoms with Crippen molar-refractivity contribution in [3.63, 3.8) is 0 Å². The first-order valence-electron chi connectivity index (χ1n) is 11.4. The molecule has 4 rings (SSSR count). The number of carbonyl (C=O) groups excluding carboxylic acids is 2. The van der Waals surface area contributed by atoms with Crippen LogP contribution in [0.3, 0.4) is 0 Å². The molecule has 3 aromatic carbocycles. The first-order valence-corrected chi connectivity index (χ1v) is 12.2. The lowest BCUT2D eigenvalue weighted by molar-refractivity contribution is -0.132. The van der Waals surface area contributed by atoms with E-state index in [4.69, 9.17) is 37.4 Å². The van der Waals surface area contributed by atoms with E-state index in [1.165, 1.54) is 31.3 Å². The summed E-state index contributed by atoms with van der Waals surface area (Å²) in [7, 11) is 2.93. The minimum absolute atomic E-state index is 0.0278. The Labute approximate surface area is 224 Å². The number of anilines is 1. The standard InChI is InChI=1S/C28H25Cl2NO6/c1-15(2)37-19-10-8-18(9-11-19)31-24(16-6-5-7-20(12-16)35-3)23(26(33)28(31)34)25(32)17-13-21(29)27(36-4)22(30)14-17/h5-15,24,32H,1-4H3/b25-23+. The van der Waals surface area contributed by atoms with Crippen LogP contribution in [0.1, 0.15) is 31.0 Å². The van der Waals surface area contributed by atoms with Gasteiger partial charge >= 0.3 is 0 Å². The van der Waals surface area contributed by atoms with Gasteiger partial charge in [-0.05, 0) is 67.9 Å². The molecule has 1 unspecified atom stereocenters. The van der Waals surface area contributed by atoms with E-state index >= 15 is 0 Å². The Hall–Kier alpha value is -3.68. The molecule has 1 amide bonds. The van der Waals surface area contributed by atoms with Crippen LogP contribution >= 0.6 is 23.2 Å². The zero-order chi connectivity index (χ0) is 26.9. The van der Waals surface area contributed by atoms with Gasteiger partial charge in [-0.2, -0.15) is 0 Å². The summed E-state index contributed by atoms with van der Waals surface area (Å²) in [6.07, 6.45) is -0.0278. The molecule has 3 aromatic rings. The van der Waals surface area contributed by atoms with Crippen LogP contribution in [0.15, 0.2) is 66.2 Å². The molecular weight excluding hydrogens is 517 g/mol. The lowest BCUT2D eigenvalue weighted by Gasteiger charge is -2.26.